The number of nitrogens with one attached hydrogen (secondary N) is 1. The number of para-hydroxylation sites is 1. The predicted molar refractivity (Wildman–Crippen MR) is 98.6 cm³/mol. The molecule has 1 amide bonds. The summed E-state index contributed by atoms with van der Waals surface area (Å²) in [6.45, 7) is 3.99. The Kier molecular flexibility index (Phi) is 6.70. The topological polar surface area (TPSA) is 123 Å². The van der Waals surface area contributed by atoms with Gasteiger partial charge in [0.05, 0.1) is 29.9 Å². The Bertz CT molecular complexity index is 866. The minimum Gasteiger partial charge on any atom is -0.507 e. The highest BCUT2D eigenvalue weighted by atomic mass is 16.6. The zero-order valence-corrected chi connectivity index (χ0v) is 14.8. The number of hydrazone groups is 1. The molecule has 0 heterocycles. The van der Waals surface area contributed by atoms with E-state index in [0.717, 1.165) is 0 Å². The van der Waals surface area contributed by atoms with Crippen molar-refractivity contribution in [1.29, 1.82) is 0 Å². The smallest absolute Gasteiger partial charge is 0.315 e. The summed E-state index contributed by atoms with van der Waals surface area (Å²) in [7, 11) is 0. The molecular weight excluding hydrogens is 354 g/mol. The molecule has 0 saturated carbocycles. The van der Waals surface area contributed by atoms with E-state index in [1.54, 1.807) is 26.0 Å². The lowest BCUT2D eigenvalue weighted by atomic mass is 10.2. The van der Waals surface area contributed by atoms with Crippen LogP contribution in [0.15, 0.2) is 41.5 Å². The van der Waals surface area contributed by atoms with E-state index in [0.29, 0.717) is 12.2 Å². The van der Waals surface area contributed by atoms with Crippen molar-refractivity contribution in [3.05, 3.63) is 57.6 Å². The molecule has 27 heavy (non-hydrogen) atoms. The molecule has 0 fully saturated rings. The van der Waals surface area contributed by atoms with Crippen molar-refractivity contribution in [2.75, 3.05) is 13.2 Å². The van der Waals surface area contributed by atoms with Crippen LogP contribution in [0.5, 0.6) is 17.2 Å². The Morgan fingerprint density at radius 1 is 1.26 bits per heavy atom. The van der Waals surface area contributed by atoms with Gasteiger partial charge in [0.1, 0.15) is 5.75 Å². The van der Waals surface area contributed by atoms with Crippen LogP contribution in [0, 0.1) is 10.1 Å². The molecule has 142 valence electrons. The summed E-state index contributed by atoms with van der Waals surface area (Å²) in [5.41, 5.74) is 2.39. The number of aromatic hydroxyl groups is 1. The van der Waals surface area contributed by atoms with Gasteiger partial charge >= 0.3 is 5.69 Å². The third-order valence-electron chi connectivity index (χ3n) is 3.37. The number of ether oxygens (including phenoxy) is 2. The molecule has 2 rings (SSSR count). The number of phenols is 1. The first-order valence-corrected chi connectivity index (χ1v) is 8.17. The fraction of sp³-hybridized carbons (Fsp3) is 0.222. The fourth-order valence-corrected chi connectivity index (χ4v) is 2.26. The monoisotopic (exact) mass is 373 g/mol. The van der Waals surface area contributed by atoms with Gasteiger partial charge in [0.2, 0.25) is 5.75 Å². The summed E-state index contributed by atoms with van der Waals surface area (Å²) < 4.78 is 10.8. The number of amides is 1. The Labute approximate surface area is 155 Å². The first kappa shape index (κ1) is 19.7. The van der Waals surface area contributed by atoms with E-state index in [1.807, 2.05) is 0 Å². The third kappa shape index (κ3) is 4.94. The number of phenolic OH excluding ortho intramolecular Hbond substituents is 1. The lowest BCUT2D eigenvalue weighted by molar-refractivity contribution is -0.385. The molecule has 9 heteroatoms. The van der Waals surface area contributed by atoms with Gasteiger partial charge in [-0.05, 0) is 32.0 Å². The van der Waals surface area contributed by atoms with Gasteiger partial charge in [-0.3, -0.25) is 14.9 Å². The van der Waals surface area contributed by atoms with Crippen molar-refractivity contribution in [3.8, 4) is 17.2 Å². The maximum absolute atomic E-state index is 12.0. The van der Waals surface area contributed by atoms with E-state index in [-0.39, 0.29) is 35.1 Å². The molecule has 0 spiro atoms. The second-order valence-electron chi connectivity index (χ2n) is 5.21. The van der Waals surface area contributed by atoms with E-state index in [9.17, 15) is 20.0 Å². The highest BCUT2D eigenvalue weighted by Crippen LogP contribution is 2.38. The molecule has 2 N–H and O–H groups in total. The number of hydrogen-bond acceptors (Lipinski definition) is 7. The van der Waals surface area contributed by atoms with Gasteiger partial charge in [-0.15, -0.1) is 0 Å². The number of carbonyl (C=O) groups excluding carboxylic acids is 1. The van der Waals surface area contributed by atoms with Crippen LogP contribution in [0.2, 0.25) is 0 Å². The summed E-state index contributed by atoms with van der Waals surface area (Å²) in [6.07, 6.45) is 1.24. The van der Waals surface area contributed by atoms with Crippen LogP contribution < -0.4 is 14.9 Å². The van der Waals surface area contributed by atoms with Crippen molar-refractivity contribution in [2.24, 2.45) is 5.10 Å². The molecule has 0 unspecified atom stereocenters. The second kappa shape index (κ2) is 9.18. The molecule has 0 saturated heterocycles. The zero-order chi connectivity index (χ0) is 19.8. The summed E-state index contributed by atoms with van der Waals surface area (Å²) in [5, 5.41) is 24.8. The highest BCUT2D eigenvalue weighted by Gasteiger charge is 2.22. The molecule has 2 aromatic carbocycles. The molecular formula is C18H19N3O6. The van der Waals surface area contributed by atoms with Crippen LogP contribution in [0.4, 0.5) is 5.69 Å². The van der Waals surface area contributed by atoms with Gasteiger partial charge in [-0.1, -0.05) is 12.1 Å². The number of hydrogen-bond donors (Lipinski definition) is 2. The lowest BCUT2D eigenvalue weighted by Gasteiger charge is -2.11. The molecule has 0 atom stereocenters. The normalized spacial score (nSPS) is 10.6. The maximum atomic E-state index is 12.0. The Morgan fingerprint density at radius 3 is 2.59 bits per heavy atom. The van der Waals surface area contributed by atoms with Crippen LogP contribution in [-0.2, 0) is 0 Å². The van der Waals surface area contributed by atoms with Gasteiger partial charge in [-0.25, -0.2) is 5.43 Å². The number of benzene rings is 2. The van der Waals surface area contributed by atoms with Crippen LogP contribution in [0.1, 0.15) is 29.8 Å². The van der Waals surface area contributed by atoms with Gasteiger partial charge in [-0.2, -0.15) is 5.10 Å². The van der Waals surface area contributed by atoms with Crippen molar-refractivity contribution >= 4 is 17.8 Å². The first-order chi connectivity index (χ1) is 13.0. The van der Waals surface area contributed by atoms with Gasteiger partial charge < -0.3 is 14.6 Å². The van der Waals surface area contributed by atoms with Crippen molar-refractivity contribution in [2.45, 2.75) is 13.8 Å². The Morgan fingerprint density at radius 2 is 1.96 bits per heavy atom. The summed E-state index contributed by atoms with van der Waals surface area (Å²) in [4.78, 5) is 22.8. The highest BCUT2D eigenvalue weighted by molar-refractivity contribution is 5.97. The number of rotatable bonds is 8. The average Bonchev–Trinajstić information content (AvgIpc) is 2.64. The van der Waals surface area contributed by atoms with E-state index in [4.69, 9.17) is 9.47 Å². The average molecular weight is 373 g/mol. The molecule has 0 aliphatic rings. The third-order valence-corrected chi connectivity index (χ3v) is 3.37. The standard InChI is InChI=1S/C18H19N3O6/c1-3-26-16-10-12(9-14(21(24)25)17(16)27-4-2)11-19-20-18(23)13-7-5-6-8-15(13)22/h5-11,22H,3-4H2,1-2H3,(H,20,23)/b19-11-. The first-order valence-electron chi connectivity index (χ1n) is 8.17. The van der Waals surface area contributed by atoms with Gasteiger partial charge in [0.25, 0.3) is 5.91 Å². The SMILES string of the molecule is CCOc1cc(/C=N\NC(=O)c2ccccc2O)cc([N+](=O)[O-])c1OCC. The van der Waals surface area contributed by atoms with E-state index < -0.39 is 10.8 Å². The van der Waals surface area contributed by atoms with E-state index >= 15 is 0 Å². The minimum atomic E-state index is -0.616. The summed E-state index contributed by atoms with van der Waals surface area (Å²) >= 11 is 0. The maximum Gasteiger partial charge on any atom is 0.315 e. The second-order valence-corrected chi connectivity index (χ2v) is 5.21. The minimum absolute atomic E-state index is 0.0414. The largest absolute Gasteiger partial charge is 0.507 e. The molecule has 0 radical (unpaired) electrons. The van der Waals surface area contributed by atoms with Crippen LogP contribution in [-0.4, -0.2) is 35.4 Å². The van der Waals surface area contributed by atoms with E-state index in [1.165, 1.54) is 30.5 Å². The summed E-state index contributed by atoms with van der Waals surface area (Å²) in [6, 6.07) is 8.80. The molecule has 0 bridgehead atoms. The van der Waals surface area contributed by atoms with E-state index in [2.05, 4.69) is 10.5 Å². The fourth-order valence-electron chi connectivity index (χ4n) is 2.26. The van der Waals surface area contributed by atoms with Gasteiger partial charge in [0, 0.05) is 11.6 Å². The zero-order valence-electron chi connectivity index (χ0n) is 14.8. The van der Waals surface area contributed by atoms with Crippen molar-refractivity contribution < 1.29 is 24.3 Å². The van der Waals surface area contributed by atoms with Crippen molar-refractivity contribution in [1.82, 2.24) is 5.43 Å². The van der Waals surface area contributed by atoms with Gasteiger partial charge in [0.15, 0.2) is 5.75 Å². The number of nitrogens with zero attached hydrogens (tertiary/aromatic N) is 2. The molecule has 0 aromatic heterocycles. The Hall–Kier alpha value is -3.62. The number of carbonyl (C=O) groups is 1. The molecule has 0 aliphatic carbocycles. The Balaban J connectivity index is 2.27. The predicted octanol–water partition coefficient (Wildman–Crippen LogP) is 2.86. The quantitative estimate of drug-likeness (QED) is 0.417. The van der Waals surface area contributed by atoms with Crippen LogP contribution >= 0.6 is 0 Å². The van der Waals surface area contributed by atoms with Crippen LogP contribution in [0.3, 0.4) is 0 Å². The molecule has 2 aromatic rings. The molecule has 9 nitrogen and oxygen atoms in total. The number of nitro benzene ring substituents is 1. The summed E-state index contributed by atoms with van der Waals surface area (Å²) in [5.74, 6) is -0.544. The van der Waals surface area contributed by atoms with Crippen LogP contribution in [0.25, 0.3) is 0 Å². The van der Waals surface area contributed by atoms with Crippen molar-refractivity contribution in [3.63, 3.8) is 0 Å². The lowest BCUT2D eigenvalue weighted by Crippen LogP contribution is -2.17. The number of nitro groups is 1. The molecule has 0 aliphatic heterocycles.